The molecule has 1 aromatic rings. The summed E-state index contributed by atoms with van der Waals surface area (Å²) in [5.74, 6) is -0.0294. The van der Waals surface area contributed by atoms with Gasteiger partial charge >= 0.3 is 0 Å². The smallest absolute Gasteiger partial charge is 0.240 e. The number of nitrogens with one attached hydrogen (secondary N) is 1. The zero-order chi connectivity index (χ0) is 13.4. The molecule has 1 amide bonds. The largest absolute Gasteiger partial charge is 0.399 e. The molecule has 1 rings (SSSR count). The standard InChI is InChI=1S/C14H21N3O/c1-3-4-5-6-14(18)17-16-11(2)12-7-9-13(15)10-8-12/h7-10H,3-6,15H2,1-2H3,(H,17,18)/b16-11-. The number of unbranched alkanes of at least 4 members (excludes halogenated alkanes) is 2. The lowest BCUT2D eigenvalue weighted by atomic mass is 10.1. The van der Waals surface area contributed by atoms with Crippen LogP contribution in [0, 0.1) is 0 Å². The molecule has 98 valence electrons. The highest BCUT2D eigenvalue weighted by atomic mass is 16.2. The van der Waals surface area contributed by atoms with Gasteiger partial charge in [0.1, 0.15) is 0 Å². The fourth-order valence-electron chi connectivity index (χ4n) is 1.53. The van der Waals surface area contributed by atoms with Gasteiger partial charge in [0.2, 0.25) is 5.91 Å². The Bertz CT molecular complexity index is 410. The van der Waals surface area contributed by atoms with E-state index >= 15 is 0 Å². The molecule has 0 radical (unpaired) electrons. The Labute approximate surface area is 108 Å². The van der Waals surface area contributed by atoms with Crippen LogP contribution in [0.25, 0.3) is 0 Å². The number of nitrogen functional groups attached to an aromatic ring is 1. The van der Waals surface area contributed by atoms with Crippen molar-refractivity contribution in [3.05, 3.63) is 29.8 Å². The van der Waals surface area contributed by atoms with Crippen molar-refractivity contribution in [2.75, 3.05) is 5.73 Å². The maximum absolute atomic E-state index is 11.5. The second kappa shape index (κ2) is 7.48. The van der Waals surface area contributed by atoms with Crippen LogP contribution in [0.3, 0.4) is 0 Å². The van der Waals surface area contributed by atoms with Crippen molar-refractivity contribution in [1.82, 2.24) is 5.43 Å². The van der Waals surface area contributed by atoms with E-state index in [2.05, 4.69) is 17.5 Å². The molecule has 0 unspecified atom stereocenters. The molecule has 4 nitrogen and oxygen atoms in total. The Balaban J connectivity index is 2.46. The first-order valence-corrected chi connectivity index (χ1v) is 6.32. The number of carbonyl (C=O) groups excluding carboxylic acids is 1. The summed E-state index contributed by atoms with van der Waals surface area (Å²) in [7, 11) is 0. The van der Waals surface area contributed by atoms with Gasteiger partial charge in [0.05, 0.1) is 5.71 Å². The van der Waals surface area contributed by atoms with Gasteiger partial charge in [-0.15, -0.1) is 0 Å². The minimum Gasteiger partial charge on any atom is -0.399 e. The fraction of sp³-hybridized carbons (Fsp3) is 0.429. The Morgan fingerprint density at radius 1 is 1.28 bits per heavy atom. The molecule has 0 saturated heterocycles. The molecule has 0 bridgehead atoms. The van der Waals surface area contributed by atoms with E-state index in [0.717, 1.165) is 36.2 Å². The lowest BCUT2D eigenvalue weighted by Gasteiger charge is -2.03. The van der Waals surface area contributed by atoms with Crippen LogP contribution in [0.1, 0.15) is 45.1 Å². The van der Waals surface area contributed by atoms with Crippen molar-refractivity contribution in [1.29, 1.82) is 0 Å². The Morgan fingerprint density at radius 2 is 1.94 bits per heavy atom. The molecule has 0 aromatic heterocycles. The van der Waals surface area contributed by atoms with Crippen LogP contribution in [-0.4, -0.2) is 11.6 Å². The van der Waals surface area contributed by atoms with E-state index in [-0.39, 0.29) is 5.91 Å². The number of nitrogens with two attached hydrogens (primary N) is 1. The maximum atomic E-state index is 11.5. The molecule has 0 aliphatic rings. The van der Waals surface area contributed by atoms with Crippen LogP contribution < -0.4 is 11.2 Å². The Morgan fingerprint density at radius 3 is 2.56 bits per heavy atom. The molecule has 0 aliphatic heterocycles. The van der Waals surface area contributed by atoms with Crippen molar-refractivity contribution in [3.63, 3.8) is 0 Å². The number of anilines is 1. The van der Waals surface area contributed by atoms with Crippen molar-refractivity contribution in [2.45, 2.75) is 39.5 Å². The van der Waals surface area contributed by atoms with E-state index < -0.39 is 0 Å². The summed E-state index contributed by atoms with van der Waals surface area (Å²) in [6.07, 6.45) is 3.64. The number of amides is 1. The average Bonchev–Trinajstić information content (AvgIpc) is 2.37. The van der Waals surface area contributed by atoms with Gasteiger partial charge in [0.15, 0.2) is 0 Å². The molecule has 0 fully saturated rings. The van der Waals surface area contributed by atoms with Gasteiger partial charge in [0.25, 0.3) is 0 Å². The van der Waals surface area contributed by atoms with Gasteiger partial charge < -0.3 is 5.73 Å². The summed E-state index contributed by atoms with van der Waals surface area (Å²) in [6, 6.07) is 7.41. The highest BCUT2D eigenvalue weighted by Gasteiger charge is 2.01. The van der Waals surface area contributed by atoms with Gasteiger partial charge in [-0.3, -0.25) is 4.79 Å². The lowest BCUT2D eigenvalue weighted by molar-refractivity contribution is -0.121. The van der Waals surface area contributed by atoms with Crippen LogP contribution in [0.5, 0.6) is 0 Å². The van der Waals surface area contributed by atoms with E-state index in [4.69, 9.17) is 5.73 Å². The zero-order valence-corrected chi connectivity index (χ0v) is 11.1. The Hall–Kier alpha value is -1.84. The van der Waals surface area contributed by atoms with Crippen molar-refractivity contribution in [2.24, 2.45) is 5.10 Å². The third-order valence-corrected chi connectivity index (χ3v) is 2.68. The summed E-state index contributed by atoms with van der Waals surface area (Å²) < 4.78 is 0. The number of carbonyl (C=O) groups is 1. The quantitative estimate of drug-likeness (QED) is 0.351. The number of benzene rings is 1. The molecule has 0 saturated carbocycles. The molecule has 1 aromatic carbocycles. The van der Waals surface area contributed by atoms with Gasteiger partial charge in [-0.25, -0.2) is 5.43 Å². The molecule has 3 N–H and O–H groups in total. The van der Waals surface area contributed by atoms with E-state index in [0.29, 0.717) is 6.42 Å². The van der Waals surface area contributed by atoms with Crippen LogP contribution >= 0.6 is 0 Å². The molecule has 0 spiro atoms. The minimum absolute atomic E-state index is 0.0294. The molecule has 0 atom stereocenters. The first-order chi connectivity index (χ1) is 8.63. The van der Waals surface area contributed by atoms with Crippen LogP contribution in [-0.2, 0) is 4.79 Å². The summed E-state index contributed by atoms with van der Waals surface area (Å²) in [5, 5.41) is 4.08. The summed E-state index contributed by atoms with van der Waals surface area (Å²) in [4.78, 5) is 11.5. The fourth-order valence-corrected chi connectivity index (χ4v) is 1.53. The second-order valence-corrected chi connectivity index (χ2v) is 4.31. The number of rotatable bonds is 6. The SMILES string of the molecule is CCCCCC(=O)N/N=C(/C)c1ccc(N)cc1. The van der Waals surface area contributed by atoms with Crippen LogP contribution in [0.4, 0.5) is 5.69 Å². The molecule has 18 heavy (non-hydrogen) atoms. The Kier molecular flexibility index (Phi) is 5.91. The topological polar surface area (TPSA) is 67.5 Å². The van der Waals surface area contributed by atoms with Crippen LogP contribution in [0.2, 0.25) is 0 Å². The maximum Gasteiger partial charge on any atom is 0.240 e. The number of hydrogen-bond acceptors (Lipinski definition) is 3. The zero-order valence-electron chi connectivity index (χ0n) is 11.1. The molecule has 0 aliphatic carbocycles. The lowest BCUT2D eigenvalue weighted by Crippen LogP contribution is -2.18. The third-order valence-electron chi connectivity index (χ3n) is 2.68. The average molecular weight is 247 g/mol. The summed E-state index contributed by atoms with van der Waals surface area (Å²) >= 11 is 0. The number of hydrogen-bond donors (Lipinski definition) is 2. The predicted molar refractivity (Wildman–Crippen MR) is 75.4 cm³/mol. The van der Waals surface area contributed by atoms with Gasteiger partial charge in [-0.05, 0) is 31.0 Å². The number of nitrogens with zero attached hydrogens (tertiary/aromatic N) is 1. The highest BCUT2D eigenvalue weighted by molar-refractivity contribution is 5.99. The first kappa shape index (κ1) is 14.2. The highest BCUT2D eigenvalue weighted by Crippen LogP contribution is 2.06. The van der Waals surface area contributed by atoms with Crippen LogP contribution in [0.15, 0.2) is 29.4 Å². The first-order valence-electron chi connectivity index (χ1n) is 6.32. The second-order valence-electron chi connectivity index (χ2n) is 4.31. The number of hydrazone groups is 1. The third kappa shape index (κ3) is 4.99. The van der Waals surface area contributed by atoms with E-state index in [1.807, 2.05) is 31.2 Å². The minimum atomic E-state index is -0.0294. The van der Waals surface area contributed by atoms with E-state index in [9.17, 15) is 4.79 Å². The molecular weight excluding hydrogens is 226 g/mol. The predicted octanol–water partition coefficient (Wildman–Crippen LogP) is 2.69. The van der Waals surface area contributed by atoms with Gasteiger partial charge in [0, 0.05) is 12.1 Å². The molecule has 4 heteroatoms. The summed E-state index contributed by atoms with van der Waals surface area (Å²) in [6.45, 7) is 3.97. The van der Waals surface area contributed by atoms with Crippen molar-refractivity contribution >= 4 is 17.3 Å². The van der Waals surface area contributed by atoms with E-state index in [1.54, 1.807) is 0 Å². The molecular formula is C14H21N3O. The normalized spacial score (nSPS) is 11.3. The van der Waals surface area contributed by atoms with E-state index in [1.165, 1.54) is 0 Å². The summed E-state index contributed by atoms with van der Waals surface area (Å²) in [5.41, 5.74) is 10.6. The monoisotopic (exact) mass is 247 g/mol. The van der Waals surface area contributed by atoms with Gasteiger partial charge in [-0.2, -0.15) is 5.10 Å². The van der Waals surface area contributed by atoms with Gasteiger partial charge in [-0.1, -0.05) is 31.9 Å². The van der Waals surface area contributed by atoms with Crippen molar-refractivity contribution < 1.29 is 4.79 Å². The van der Waals surface area contributed by atoms with Crippen molar-refractivity contribution in [3.8, 4) is 0 Å². The molecule has 0 heterocycles.